The molecule has 0 bridgehead atoms. The van der Waals surface area contributed by atoms with Gasteiger partial charge < -0.3 is 5.32 Å². The fraction of sp³-hybridized carbons (Fsp3) is 0.357. The molecule has 0 aliphatic rings. The van der Waals surface area contributed by atoms with Crippen molar-refractivity contribution in [3.8, 4) is 0 Å². The molecule has 1 aromatic heterocycles. The first kappa shape index (κ1) is 14.7. The highest BCUT2D eigenvalue weighted by atomic mass is 32.2. The summed E-state index contributed by atoms with van der Waals surface area (Å²) < 4.78 is 26.5. The molecule has 0 saturated carbocycles. The van der Waals surface area contributed by atoms with Gasteiger partial charge in [-0.3, -0.25) is 9.71 Å². The second-order valence-corrected chi connectivity index (χ2v) is 6.38. The summed E-state index contributed by atoms with van der Waals surface area (Å²) in [5.41, 5.74) is 1.43. The first-order valence-corrected chi connectivity index (χ1v) is 8.32. The lowest BCUT2D eigenvalue weighted by Gasteiger charge is -2.09. The van der Waals surface area contributed by atoms with Gasteiger partial charge in [0.15, 0.2) is 0 Å². The molecule has 5 nitrogen and oxygen atoms in total. The highest BCUT2D eigenvalue weighted by Crippen LogP contribution is 2.18. The monoisotopic (exact) mass is 293 g/mol. The van der Waals surface area contributed by atoms with Crippen LogP contribution in [0.1, 0.15) is 13.3 Å². The van der Waals surface area contributed by atoms with E-state index in [1.54, 1.807) is 18.3 Å². The molecule has 0 fully saturated rings. The third-order valence-electron chi connectivity index (χ3n) is 2.89. The molecule has 6 heteroatoms. The zero-order chi connectivity index (χ0) is 14.4. The van der Waals surface area contributed by atoms with Crippen molar-refractivity contribution < 1.29 is 8.42 Å². The Morgan fingerprint density at radius 3 is 2.90 bits per heavy atom. The van der Waals surface area contributed by atoms with Crippen LogP contribution in [0.15, 0.2) is 36.5 Å². The molecule has 108 valence electrons. The van der Waals surface area contributed by atoms with E-state index < -0.39 is 10.0 Å². The van der Waals surface area contributed by atoms with Crippen molar-refractivity contribution in [1.82, 2.24) is 10.3 Å². The summed E-state index contributed by atoms with van der Waals surface area (Å²) in [6, 6.07) is 9.08. The molecule has 2 aromatic rings. The van der Waals surface area contributed by atoms with E-state index in [0.29, 0.717) is 18.7 Å². The van der Waals surface area contributed by atoms with E-state index in [0.717, 1.165) is 17.4 Å². The standard InChI is InChI=1S/C14H19N3O2S/c1-2-15-8-4-10-20(18,19)17-13-6-7-14-12(11-13)5-3-9-16-14/h3,5-7,9,11,15,17H,2,4,8,10H2,1H3. The lowest BCUT2D eigenvalue weighted by atomic mass is 10.2. The molecule has 20 heavy (non-hydrogen) atoms. The largest absolute Gasteiger partial charge is 0.317 e. The minimum absolute atomic E-state index is 0.116. The van der Waals surface area contributed by atoms with Gasteiger partial charge in [-0.15, -0.1) is 0 Å². The highest BCUT2D eigenvalue weighted by molar-refractivity contribution is 7.92. The van der Waals surface area contributed by atoms with Crippen molar-refractivity contribution in [2.75, 3.05) is 23.6 Å². The smallest absolute Gasteiger partial charge is 0.232 e. The third kappa shape index (κ3) is 4.18. The Hall–Kier alpha value is -1.66. The molecular formula is C14H19N3O2S. The zero-order valence-electron chi connectivity index (χ0n) is 11.5. The molecule has 0 saturated heterocycles. The van der Waals surface area contributed by atoms with Gasteiger partial charge >= 0.3 is 0 Å². The van der Waals surface area contributed by atoms with Gasteiger partial charge in [0, 0.05) is 17.3 Å². The van der Waals surface area contributed by atoms with Crippen molar-refractivity contribution in [2.24, 2.45) is 0 Å². The second kappa shape index (κ2) is 6.67. The lowest BCUT2D eigenvalue weighted by molar-refractivity contribution is 0.595. The van der Waals surface area contributed by atoms with Crippen LogP contribution in [-0.2, 0) is 10.0 Å². The fourth-order valence-corrected chi connectivity index (χ4v) is 3.05. The predicted octanol–water partition coefficient (Wildman–Crippen LogP) is 1.98. The van der Waals surface area contributed by atoms with Crippen LogP contribution >= 0.6 is 0 Å². The average Bonchev–Trinajstić information content (AvgIpc) is 2.43. The normalized spacial score (nSPS) is 11.7. The van der Waals surface area contributed by atoms with Crippen molar-refractivity contribution in [3.63, 3.8) is 0 Å². The number of nitrogens with zero attached hydrogens (tertiary/aromatic N) is 1. The van der Waals surface area contributed by atoms with Gasteiger partial charge in [-0.25, -0.2) is 8.42 Å². The van der Waals surface area contributed by atoms with Gasteiger partial charge in [-0.2, -0.15) is 0 Å². The first-order chi connectivity index (χ1) is 9.61. The van der Waals surface area contributed by atoms with Crippen LogP contribution in [0.5, 0.6) is 0 Å². The fourth-order valence-electron chi connectivity index (χ4n) is 1.93. The minimum atomic E-state index is -3.29. The molecule has 1 heterocycles. The summed E-state index contributed by atoms with van der Waals surface area (Å²) in [7, 11) is -3.29. The number of nitrogens with one attached hydrogen (secondary N) is 2. The number of aromatic nitrogens is 1. The number of fused-ring (bicyclic) bond motifs is 1. The van der Waals surface area contributed by atoms with Crippen molar-refractivity contribution in [2.45, 2.75) is 13.3 Å². The van der Waals surface area contributed by atoms with Crippen molar-refractivity contribution in [3.05, 3.63) is 36.5 Å². The van der Waals surface area contributed by atoms with Crippen LogP contribution in [0, 0.1) is 0 Å². The number of anilines is 1. The van der Waals surface area contributed by atoms with Crippen LogP contribution in [0.3, 0.4) is 0 Å². The number of hydrogen-bond donors (Lipinski definition) is 2. The SMILES string of the molecule is CCNCCCS(=O)(=O)Nc1ccc2ncccc2c1. The topological polar surface area (TPSA) is 71.1 Å². The molecule has 0 radical (unpaired) electrons. The van der Waals surface area contributed by atoms with Gasteiger partial charge in [-0.1, -0.05) is 13.0 Å². The molecule has 0 aliphatic carbocycles. The number of pyridine rings is 1. The zero-order valence-corrected chi connectivity index (χ0v) is 12.3. The molecular weight excluding hydrogens is 274 g/mol. The minimum Gasteiger partial charge on any atom is -0.317 e. The Morgan fingerprint density at radius 1 is 1.25 bits per heavy atom. The van der Waals surface area contributed by atoms with E-state index in [9.17, 15) is 8.42 Å². The van der Waals surface area contributed by atoms with Gasteiger partial charge in [0.1, 0.15) is 0 Å². The molecule has 2 N–H and O–H groups in total. The molecule has 1 aromatic carbocycles. The molecule has 0 amide bonds. The summed E-state index contributed by atoms with van der Waals surface area (Å²) in [4.78, 5) is 4.20. The maximum atomic E-state index is 11.9. The van der Waals surface area contributed by atoms with Crippen LogP contribution in [0.2, 0.25) is 0 Å². The van der Waals surface area contributed by atoms with Crippen molar-refractivity contribution in [1.29, 1.82) is 0 Å². The van der Waals surface area contributed by atoms with Gasteiger partial charge in [0.05, 0.1) is 11.3 Å². The average molecular weight is 293 g/mol. The summed E-state index contributed by atoms with van der Waals surface area (Å²) in [5, 5.41) is 4.03. The highest BCUT2D eigenvalue weighted by Gasteiger charge is 2.10. The molecule has 0 unspecified atom stereocenters. The van der Waals surface area contributed by atoms with Crippen LogP contribution < -0.4 is 10.0 Å². The summed E-state index contributed by atoms with van der Waals surface area (Å²) in [6.45, 7) is 3.56. The first-order valence-electron chi connectivity index (χ1n) is 6.67. The molecule has 0 atom stereocenters. The molecule has 0 aliphatic heterocycles. The van der Waals surface area contributed by atoms with Crippen LogP contribution in [-0.4, -0.2) is 32.2 Å². The Kier molecular flexibility index (Phi) is 4.92. The third-order valence-corrected chi connectivity index (χ3v) is 4.27. The molecule has 0 spiro atoms. The van der Waals surface area contributed by atoms with E-state index >= 15 is 0 Å². The Balaban J connectivity index is 2.03. The molecule has 2 rings (SSSR count). The lowest BCUT2D eigenvalue weighted by Crippen LogP contribution is -2.21. The number of benzene rings is 1. The van der Waals surface area contributed by atoms with Gasteiger partial charge in [-0.05, 0) is 43.8 Å². The number of sulfonamides is 1. The summed E-state index contributed by atoms with van der Waals surface area (Å²) in [5.74, 6) is 0.116. The van der Waals surface area contributed by atoms with E-state index in [-0.39, 0.29) is 5.75 Å². The van der Waals surface area contributed by atoms with E-state index in [1.807, 2.05) is 25.1 Å². The predicted molar refractivity (Wildman–Crippen MR) is 82.3 cm³/mol. The van der Waals surface area contributed by atoms with E-state index in [1.165, 1.54) is 0 Å². The van der Waals surface area contributed by atoms with Crippen LogP contribution in [0.4, 0.5) is 5.69 Å². The number of rotatable bonds is 7. The summed E-state index contributed by atoms with van der Waals surface area (Å²) >= 11 is 0. The summed E-state index contributed by atoms with van der Waals surface area (Å²) in [6.07, 6.45) is 2.31. The number of hydrogen-bond acceptors (Lipinski definition) is 4. The van der Waals surface area contributed by atoms with E-state index in [4.69, 9.17) is 0 Å². The van der Waals surface area contributed by atoms with E-state index in [2.05, 4.69) is 15.0 Å². The quantitative estimate of drug-likeness (QED) is 0.766. The maximum Gasteiger partial charge on any atom is 0.232 e. The Morgan fingerprint density at radius 2 is 2.10 bits per heavy atom. The van der Waals surface area contributed by atoms with Crippen LogP contribution in [0.25, 0.3) is 10.9 Å². The Labute approximate surface area is 119 Å². The van der Waals surface area contributed by atoms with Gasteiger partial charge in [0.25, 0.3) is 0 Å². The Bertz CT molecular complexity index is 671. The maximum absolute atomic E-state index is 11.9. The second-order valence-electron chi connectivity index (χ2n) is 4.54. The van der Waals surface area contributed by atoms with Gasteiger partial charge in [0.2, 0.25) is 10.0 Å². The van der Waals surface area contributed by atoms with Crippen molar-refractivity contribution >= 4 is 26.6 Å².